The molecule has 3 nitrogen and oxygen atoms in total. The van der Waals surface area contributed by atoms with E-state index in [-0.39, 0.29) is 5.60 Å². The van der Waals surface area contributed by atoms with Gasteiger partial charge in [-0.1, -0.05) is 0 Å². The molecule has 1 N–H and O–H groups in total. The molecule has 1 aliphatic rings. The van der Waals surface area contributed by atoms with Gasteiger partial charge in [0.1, 0.15) is 0 Å². The largest absolute Gasteiger partial charge is 0.375 e. The summed E-state index contributed by atoms with van der Waals surface area (Å²) < 4.78 is 6.13. The Bertz CT molecular complexity index is 336. The summed E-state index contributed by atoms with van der Waals surface area (Å²) >= 11 is 0. The molecule has 1 aromatic rings. The second-order valence-corrected chi connectivity index (χ2v) is 5.20. The maximum atomic E-state index is 6.13. The topological polar surface area (TPSA) is 34.1 Å². The zero-order valence-corrected chi connectivity index (χ0v) is 11.3. The van der Waals surface area contributed by atoms with Crippen LogP contribution in [0, 0.1) is 0 Å². The number of pyridine rings is 1. The summed E-state index contributed by atoms with van der Waals surface area (Å²) in [5.41, 5.74) is 1.55. The molecule has 0 aromatic carbocycles. The van der Waals surface area contributed by atoms with E-state index in [0.29, 0.717) is 0 Å². The summed E-state index contributed by atoms with van der Waals surface area (Å²) in [5, 5.41) is 3.22. The number of ether oxygens (including phenoxy) is 1. The Morgan fingerprint density at radius 2 is 2.11 bits per heavy atom. The Balaban J connectivity index is 1.65. The van der Waals surface area contributed by atoms with Crippen LogP contribution in [0.25, 0.3) is 0 Å². The average molecular weight is 248 g/mol. The zero-order valence-electron chi connectivity index (χ0n) is 11.3. The first-order valence-electron chi connectivity index (χ1n) is 7.02. The number of aryl methyl sites for hydroxylation is 1. The Morgan fingerprint density at radius 3 is 2.72 bits per heavy atom. The van der Waals surface area contributed by atoms with Crippen molar-refractivity contribution in [2.24, 2.45) is 0 Å². The van der Waals surface area contributed by atoms with E-state index >= 15 is 0 Å². The lowest BCUT2D eigenvalue weighted by atomic mass is 9.77. The molecule has 0 aliphatic heterocycles. The zero-order chi connectivity index (χ0) is 12.7. The van der Waals surface area contributed by atoms with Gasteiger partial charge >= 0.3 is 0 Å². The van der Waals surface area contributed by atoms with E-state index in [1.54, 1.807) is 0 Å². The first-order chi connectivity index (χ1) is 8.85. The summed E-state index contributed by atoms with van der Waals surface area (Å²) in [5.74, 6) is 0. The van der Waals surface area contributed by atoms with E-state index < -0.39 is 0 Å². The van der Waals surface area contributed by atoms with Crippen molar-refractivity contribution in [3.8, 4) is 0 Å². The lowest BCUT2D eigenvalue weighted by molar-refractivity contribution is -0.104. The quantitative estimate of drug-likeness (QED) is 0.718. The lowest BCUT2D eigenvalue weighted by Gasteiger charge is -2.42. The van der Waals surface area contributed by atoms with E-state index in [9.17, 15) is 0 Å². The maximum Gasteiger partial charge on any atom is 0.0694 e. The fourth-order valence-corrected chi connectivity index (χ4v) is 2.50. The average Bonchev–Trinajstić information content (AvgIpc) is 2.37. The van der Waals surface area contributed by atoms with E-state index in [1.807, 2.05) is 19.4 Å². The third-order valence-corrected chi connectivity index (χ3v) is 3.86. The van der Waals surface area contributed by atoms with Crippen molar-refractivity contribution in [1.82, 2.24) is 10.3 Å². The molecule has 0 unspecified atom stereocenters. The van der Waals surface area contributed by atoms with Gasteiger partial charge in [-0.3, -0.25) is 4.98 Å². The second-order valence-electron chi connectivity index (χ2n) is 5.20. The van der Waals surface area contributed by atoms with Crippen molar-refractivity contribution < 1.29 is 4.74 Å². The first-order valence-corrected chi connectivity index (χ1v) is 7.02. The predicted octanol–water partition coefficient (Wildman–Crippen LogP) is 2.56. The van der Waals surface area contributed by atoms with Gasteiger partial charge in [0, 0.05) is 19.0 Å². The van der Waals surface area contributed by atoms with Crippen LogP contribution in [-0.2, 0) is 11.2 Å². The molecule has 1 fully saturated rings. The minimum absolute atomic E-state index is 0.196. The fraction of sp³-hybridized carbons (Fsp3) is 0.667. The number of hydrogen-bond donors (Lipinski definition) is 1. The Morgan fingerprint density at radius 1 is 1.33 bits per heavy atom. The summed E-state index contributed by atoms with van der Waals surface area (Å²) in [6.45, 7) is 1.94. The van der Waals surface area contributed by atoms with Gasteiger partial charge in [-0.05, 0) is 69.8 Å². The highest BCUT2D eigenvalue weighted by molar-refractivity contribution is 5.09. The fourth-order valence-electron chi connectivity index (χ4n) is 2.50. The van der Waals surface area contributed by atoms with Gasteiger partial charge in [0.2, 0.25) is 0 Å². The van der Waals surface area contributed by atoms with Crippen molar-refractivity contribution in [1.29, 1.82) is 0 Å². The summed E-state index contributed by atoms with van der Waals surface area (Å²) in [7, 11) is 2.01. The van der Waals surface area contributed by atoms with Crippen molar-refractivity contribution in [3.63, 3.8) is 0 Å². The molecule has 2 rings (SSSR count). The third-order valence-electron chi connectivity index (χ3n) is 3.86. The van der Waals surface area contributed by atoms with Gasteiger partial charge in [-0.15, -0.1) is 0 Å². The van der Waals surface area contributed by atoms with Crippen molar-refractivity contribution in [2.75, 3.05) is 20.2 Å². The van der Waals surface area contributed by atoms with E-state index in [4.69, 9.17) is 4.74 Å². The van der Waals surface area contributed by atoms with Crippen LogP contribution in [0.2, 0.25) is 0 Å². The molecular formula is C15H24N2O. The Hall–Kier alpha value is -0.930. The molecule has 0 atom stereocenters. The van der Waals surface area contributed by atoms with Crippen LogP contribution in [0.15, 0.2) is 24.5 Å². The van der Waals surface area contributed by atoms with Crippen molar-refractivity contribution in [3.05, 3.63) is 30.1 Å². The predicted molar refractivity (Wildman–Crippen MR) is 73.6 cm³/mol. The number of nitrogens with zero attached hydrogens (tertiary/aromatic N) is 1. The summed E-state index contributed by atoms with van der Waals surface area (Å²) in [4.78, 5) is 4.03. The van der Waals surface area contributed by atoms with Crippen molar-refractivity contribution in [2.45, 2.75) is 44.1 Å². The molecule has 0 spiro atoms. The van der Waals surface area contributed by atoms with Gasteiger partial charge < -0.3 is 10.1 Å². The molecule has 1 saturated carbocycles. The van der Waals surface area contributed by atoms with Crippen molar-refractivity contribution >= 4 is 0 Å². The van der Waals surface area contributed by atoms with Crippen LogP contribution < -0.4 is 5.32 Å². The number of rotatable bonds is 8. The monoisotopic (exact) mass is 248 g/mol. The standard InChI is InChI=1S/C15H24N2O/c1-16-12-9-15(7-3-8-15)18-13-2-4-14-5-10-17-11-6-14/h5-6,10-11,16H,2-4,7-9,12-13H2,1H3. The van der Waals surface area contributed by atoms with E-state index in [2.05, 4.69) is 22.4 Å². The smallest absolute Gasteiger partial charge is 0.0694 e. The molecule has 100 valence electrons. The molecule has 0 radical (unpaired) electrons. The minimum atomic E-state index is 0.196. The minimum Gasteiger partial charge on any atom is -0.375 e. The molecule has 0 bridgehead atoms. The SMILES string of the molecule is CNCCC1(OCCCc2ccncc2)CCC1. The summed E-state index contributed by atoms with van der Waals surface area (Å²) in [6.07, 6.45) is 10.9. The van der Waals surface area contributed by atoms with Crippen LogP contribution in [0.5, 0.6) is 0 Å². The van der Waals surface area contributed by atoms with Gasteiger partial charge in [0.15, 0.2) is 0 Å². The number of hydrogen-bond acceptors (Lipinski definition) is 3. The molecule has 1 aromatic heterocycles. The first kappa shape index (κ1) is 13.5. The molecule has 0 amide bonds. The highest BCUT2D eigenvalue weighted by atomic mass is 16.5. The molecular weight excluding hydrogens is 224 g/mol. The van der Waals surface area contributed by atoms with Gasteiger partial charge in [0.05, 0.1) is 5.60 Å². The Labute approximate surface area is 110 Å². The molecule has 0 saturated heterocycles. The summed E-state index contributed by atoms with van der Waals surface area (Å²) in [6, 6.07) is 4.17. The van der Waals surface area contributed by atoms with Gasteiger partial charge in [-0.25, -0.2) is 0 Å². The molecule has 3 heteroatoms. The van der Waals surface area contributed by atoms with Crippen LogP contribution in [0.1, 0.15) is 37.7 Å². The highest BCUT2D eigenvalue weighted by Crippen LogP contribution is 2.38. The number of aromatic nitrogens is 1. The molecule has 1 aliphatic carbocycles. The maximum absolute atomic E-state index is 6.13. The van der Waals surface area contributed by atoms with E-state index in [0.717, 1.165) is 32.4 Å². The second kappa shape index (κ2) is 6.86. The highest BCUT2D eigenvalue weighted by Gasteiger charge is 2.36. The Kier molecular flexibility index (Phi) is 5.14. The van der Waals surface area contributed by atoms with Gasteiger partial charge in [-0.2, -0.15) is 0 Å². The van der Waals surface area contributed by atoms with Crippen LogP contribution in [0.3, 0.4) is 0 Å². The van der Waals surface area contributed by atoms with E-state index in [1.165, 1.54) is 24.8 Å². The lowest BCUT2D eigenvalue weighted by Crippen LogP contribution is -2.42. The van der Waals surface area contributed by atoms with Gasteiger partial charge in [0.25, 0.3) is 0 Å². The molecule has 1 heterocycles. The third kappa shape index (κ3) is 3.79. The normalized spacial score (nSPS) is 17.4. The number of nitrogens with one attached hydrogen (secondary N) is 1. The van der Waals surface area contributed by atoms with Crippen LogP contribution in [0.4, 0.5) is 0 Å². The van der Waals surface area contributed by atoms with Crippen LogP contribution >= 0.6 is 0 Å². The van der Waals surface area contributed by atoms with Crippen LogP contribution in [-0.4, -0.2) is 30.8 Å². The molecule has 18 heavy (non-hydrogen) atoms.